The number of halogens is 1. The lowest BCUT2D eigenvalue weighted by Gasteiger charge is -2.35. The molecular formula is C17H32ClN3O2. The standard InChI is InChI=1S/C17H31N3O2.ClH/c1-3-13(4-2)17(22)20-11-8-14(9-12-20)19-16(21)15-7-5-6-10-18-15;/h13-15,18H,3-12H2,1-2H3,(H,19,21);1H. The van der Waals surface area contributed by atoms with Gasteiger partial charge in [0.25, 0.3) is 0 Å². The third-order valence-electron chi connectivity index (χ3n) is 5.11. The van der Waals surface area contributed by atoms with Gasteiger partial charge in [-0.1, -0.05) is 20.3 Å². The number of hydrogen-bond acceptors (Lipinski definition) is 3. The molecule has 6 heteroatoms. The van der Waals surface area contributed by atoms with E-state index >= 15 is 0 Å². The molecule has 0 saturated carbocycles. The Morgan fingerprint density at radius 3 is 2.30 bits per heavy atom. The van der Waals surface area contributed by atoms with E-state index < -0.39 is 0 Å². The average Bonchev–Trinajstić information content (AvgIpc) is 2.57. The maximum Gasteiger partial charge on any atom is 0.237 e. The first-order chi connectivity index (χ1) is 10.7. The van der Waals surface area contributed by atoms with Crippen LogP contribution in [0.1, 0.15) is 58.8 Å². The van der Waals surface area contributed by atoms with Gasteiger partial charge in [-0.15, -0.1) is 12.4 Å². The summed E-state index contributed by atoms with van der Waals surface area (Å²) in [6.45, 7) is 6.66. The monoisotopic (exact) mass is 345 g/mol. The SMILES string of the molecule is CCC(CC)C(=O)N1CCC(NC(=O)C2CCCCN2)CC1.Cl. The largest absolute Gasteiger partial charge is 0.352 e. The second kappa shape index (κ2) is 10.1. The first-order valence-electron chi connectivity index (χ1n) is 8.98. The van der Waals surface area contributed by atoms with Gasteiger partial charge in [0.1, 0.15) is 0 Å². The van der Waals surface area contributed by atoms with Gasteiger partial charge in [0, 0.05) is 25.0 Å². The Labute approximate surface area is 146 Å². The molecule has 0 radical (unpaired) electrons. The fourth-order valence-corrected chi connectivity index (χ4v) is 3.52. The summed E-state index contributed by atoms with van der Waals surface area (Å²) in [5.74, 6) is 0.603. The molecule has 23 heavy (non-hydrogen) atoms. The second-order valence-electron chi connectivity index (χ2n) is 6.62. The highest BCUT2D eigenvalue weighted by molar-refractivity contribution is 5.85. The van der Waals surface area contributed by atoms with Crippen LogP contribution in [0.4, 0.5) is 0 Å². The van der Waals surface area contributed by atoms with Gasteiger partial charge >= 0.3 is 0 Å². The maximum atomic E-state index is 12.4. The minimum absolute atomic E-state index is 0. The van der Waals surface area contributed by atoms with E-state index in [9.17, 15) is 9.59 Å². The molecule has 0 spiro atoms. The van der Waals surface area contributed by atoms with Crippen LogP contribution in [0.5, 0.6) is 0 Å². The lowest BCUT2D eigenvalue weighted by molar-refractivity contribution is -0.137. The zero-order valence-electron chi connectivity index (χ0n) is 14.5. The summed E-state index contributed by atoms with van der Waals surface area (Å²) in [5, 5.41) is 6.45. The molecule has 0 aliphatic carbocycles. The van der Waals surface area contributed by atoms with E-state index in [1.807, 2.05) is 4.90 Å². The molecule has 1 atom stereocenters. The van der Waals surface area contributed by atoms with Crippen molar-refractivity contribution in [3.05, 3.63) is 0 Å². The van der Waals surface area contributed by atoms with Gasteiger partial charge in [-0.2, -0.15) is 0 Å². The third kappa shape index (κ3) is 5.64. The molecule has 2 N–H and O–H groups in total. The minimum Gasteiger partial charge on any atom is -0.352 e. The minimum atomic E-state index is -0.0158. The first-order valence-corrected chi connectivity index (χ1v) is 8.98. The van der Waals surface area contributed by atoms with Crippen LogP contribution in [-0.2, 0) is 9.59 Å². The predicted octanol–water partition coefficient (Wildman–Crippen LogP) is 2.09. The molecule has 2 fully saturated rings. The summed E-state index contributed by atoms with van der Waals surface area (Å²) >= 11 is 0. The van der Waals surface area contributed by atoms with Crippen molar-refractivity contribution in [1.29, 1.82) is 0 Å². The Balaban J connectivity index is 0.00000264. The molecule has 2 heterocycles. The van der Waals surface area contributed by atoms with Crippen molar-refractivity contribution in [1.82, 2.24) is 15.5 Å². The number of piperidine rings is 2. The van der Waals surface area contributed by atoms with Gasteiger partial charge in [0.05, 0.1) is 6.04 Å². The molecule has 0 aromatic heterocycles. The van der Waals surface area contributed by atoms with E-state index in [1.54, 1.807) is 0 Å². The number of carbonyl (C=O) groups is 2. The Hall–Kier alpha value is -0.810. The topological polar surface area (TPSA) is 61.4 Å². The molecular weight excluding hydrogens is 314 g/mol. The van der Waals surface area contributed by atoms with Crippen LogP contribution >= 0.6 is 12.4 Å². The summed E-state index contributed by atoms with van der Waals surface area (Å²) in [4.78, 5) is 26.6. The van der Waals surface area contributed by atoms with Crippen LogP contribution in [0.2, 0.25) is 0 Å². The number of carbonyl (C=O) groups excluding carboxylic acids is 2. The van der Waals surface area contributed by atoms with Crippen molar-refractivity contribution < 1.29 is 9.59 Å². The smallest absolute Gasteiger partial charge is 0.237 e. The number of nitrogens with zero attached hydrogens (tertiary/aromatic N) is 1. The first kappa shape index (κ1) is 20.2. The van der Waals surface area contributed by atoms with Crippen LogP contribution in [0.15, 0.2) is 0 Å². The Morgan fingerprint density at radius 1 is 1.13 bits per heavy atom. The van der Waals surface area contributed by atoms with Crippen molar-refractivity contribution in [2.45, 2.75) is 70.9 Å². The second-order valence-corrected chi connectivity index (χ2v) is 6.62. The van der Waals surface area contributed by atoms with Crippen LogP contribution < -0.4 is 10.6 Å². The molecule has 5 nitrogen and oxygen atoms in total. The van der Waals surface area contributed by atoms with Crippen molar-refractivity contribution in [2.75, 3.05) is 19.6 Å². The van der Waals surface area contributed by atoms with E-state index in [1.165, 1.54) is 6.42 Å². The Morgan fingerprint density at radius 2 is 1.78 bits per heavy atom. The fourth-order valence-electron chi connectivity index (χ4n) is 3.52. The van der Waals surface area contributed by atoms with Gasteiger partial charge in [-0.05, 0) is 45.1 Å². The van der Waals surface area contributed by atoms with Gasteiger partial charge in [-0.3, -0.25) is 9.59 Å². The number of likely N-dealkylation sites (tertiary alicyclic amines) is 1. The highest BCUT2D eigenvalue weighted by atomic mass is 35.5. The fraction of sp³-hybridized carbons (Fsp3) is 0.882. The number of hydrogen-bond donors (Lipinski definition) is 2. The number of nitrogens with one attached hydrogen (secondary N) is 2. The van der Waals surface area contributed by atoms with Crippen LogP contribution in [-0.4, -0.2) is 48.4 Å². The molecule has 2 amide bonds. The van der Waals surface area contributed by atoms with E-state index in [0.29, 0.717) is 5.91 Å². The number of amides is 2. The third-order valence-corrected chi connectivity index (χ3v) is 5.11. The van der Waals surface area contributed by atoms with Gasteiger partial charge in [0.2, 0.25) is 11.8 Å². The molecule has 0 aromatic carbocycles. The Kier molecular flexibility index (Phi) is 8.92. The van der Waals surface area contributed by atoms with Gasteiger partial charge in [-0.25, -0.2) is 0 Å². The highest BCUT2D eigenvalue weighted by Gasteiger charge is 2.28. The summed E-state index contributed by atoms with van der Waals surface area (Å²) in [5.41, 5.74) is 0. The molecule has 1 unspecified atom stereocenters. The normalized spacial score (nSPS) is 22.6. The summed E-state index contributed by atoms with van der Waals surface area (Å²) in [6, 6.07) is 0.208. The van der Waals surface area contributed by atoms with Crippen LogP contribution in [0.3, 0.4) is 0 Å². The number of rotatable bonds is 5. The lowest BCUT2D eigenvalue weighted by atomic mass is 9.98. The Bertz CT molecular complexity index is 374. The van der Waals surface area contributed by atoms with E-state index in [0.717, 1.165) is 58.2 Å². The molecule has 2 rings (SSSR count). The van der Waals surface area contributed by atoms with Crippen molar-refractivity contribution >= 4 is 24.2 Å². The molecule has 0 bridgehead atoms. The summed E-state index contributed by atoms with van der Waals surface area (Å²) in [6.07, 6.45) is 6.83. The lowest BCUT2D eigenvalue weighted by Crippen LogP contribution is -2.53. The molecule has 2 saturated heterocycles. The van der Waals surface area contributed by atoms with E-state index in [4.69, 9.17) is 0 Å². The van der Waals surface area contributed by atoms with E-state index in [2.05, 4.69) is 24.5 Å². The molecule has 0 aromatic rings. The average molecular weight is 346 g/mol. The van der Waals surface area contributed by atoms with Crippen LogP contribution in [0, 0.1) is 5.92 Å². The van der Waals surface area contributed by atoms with Crippen molar-refractivity contribution in [3.8, 4) is 0 Å². The summed E-state index contributed by atoms with van der Waals surface area (Å²) in [7, 11) is 0. The van der Waals surface area contributed by atoms with Gasteiger partial charge in [0.15, 0.2) is 0 Å². The van der Waals surface area contributed by atoms with Crippen molar-refractivity contribution in [3.63, 3.8) is 0 Å². The zero-order valence-corrected chi connectivity index (χ0v) is 15.3. The quantitative estimate of drug-likeness (QED) is 0.802. The molecule has 2 aliphatic heterocycles. The zero-order chi connectivity index (χ0) is 15.9. The van der Waals surface area contributed by atoms with Crippen LogP contribution in [0.25, 0.3) is 0 Å². The predicted molar refractivity (Wildman–Crippen MR) is 94.7 cm³/mol. The molecule has 2 aliphatic rings. The van der Waals surface area contributed by atoms with E-state index in [-0.39, 0.29) is 36.3 Å². The van der Waals surface area contributed by atoms with Crippen molar-refractivity contribution in [2.24, 2.45) is 5.92 Å². The maximum absolute atomic E-state index is 12.4. The molecule has 134 valence electrons. The highest BCUT2D eigenvalue weighted by Crippen LogP contribution is 2.17. The summed E-state index contributed by atoms with van der Waals surface area (Å²) < 4.78 is 0. The van der Waals surface area contributed by atoms with Gasteiger partial charge < -0.3 is 15.5 Å².